The van der Waals surface area contributed by atoms with E-state index >= 15 is 0 Å². The van der Waals surface area contributed by atoms with E-state index in [1.54, 1.807) is 0 Å². The van der Waals surface area contributed by atoms with Gasteiger partial charge in [-0.15, -0.1) is 0 Å². The van der Waals surface area contributed by atoms with Crippen molar-refractivity contribution < 1.29 is 10.2 Å². The highest BCUT2D eigenvalue weighted by molar-refractivity contribution is 4.94. The number of allylic oxidation sites excluding steroid dienone is 1. The average Bonchev–Trinajstić information content (AvgIpc) is 2.05. The third-order valence-electron chi connectivity index (χ3n) is 1.78. The second-order valence-electron chi connectivity index (χ2n) is 2.86. The summed E-state index contributed by atoms with van der Waals surface area (Å²) in [7, 11) is 0. The molecule has 0 radical (unpaired) electrons. The Kier molecular flexibility index (Phi) is 5.59. The number of hydrogen-bond acceptors (Lipinski definition) is 4. The topological polar surface area (TPSA) is 69.9 Å². The van der Waals surface area contributed by atoms with Crippen LogP contribution in [0.15, 0.2) is 29.4 Å². The van der Waals surface area contributed by atoms with E-state index in [0.29, 0.717) is 0 Å². The number of aliphatic hydroxyl groups excluding tert-OH is 1. The Hall–Kier alpha value is -1.32. The van der Waals surface area contributed by atoms with Gasteiger partial charge < -0.3 is 10.2 Å². The minimum absolute atomic E-state index is 0.0121. The first-order valence-corrected chi connectivity index (χ1v) is 4.15. The van der Waals surface area contributed by atoms with Crippen LogP contribution >= 0.6 is 0 Å². The van der Waals surface area contributed by atoms with Gasteiger partial charge in [0, 0.05) is 5.92 Å². The normalized spacial score (nSPS) is 15.2. The third kappa shape index (κ3) is 5.00. The van der Waals surface area contributed by atoms with Crippen molar-refractivity contribution in [2.75, 3.05) is 0 Å². The molecule has 0 saturated heterocycles. The zero-order valence-electron chi connectivity index (χ0n) is 7.84. The van der Waals surface area contributed by atoms with E-state index in [1.807, 2.05) is 26.0 Å². The molecule has 0 aromatic heterocycles. The first-order chi connectivity index (χ1) is 6.11. The van der Waals surface area contributed by atoms with Crippen LogP contribution in [0.4, 0.5) is 0 Å². The lowest BCUT2D eigenvalue weighted by molar-refractivity contribution is 0.188. The van der Waals surface area contributed by atoms with Gasteiger partial charge in [0.25, 0.3) is 5.95 Å². The van der Waals surface area contributed by atoms with Gasteiger partial charge in [0.05, 0.1) is 0 Å². The molecular formula is C9H15NO3. The minimum Gasteiger partial charge on any atom is -0.481 e. The Morgan fingerprint density at radius 2 is 2.15 bits per heavy atom. The van der Waals surface area contributed by atoms with E-state index in [2.05, 4.69) is 5.18 Å². The molecule has 0 aliphatic rings. The van der Waals surface area contributed by atoms with Crippen molar-refractivity contribution in [1.29, 1.82) is 0 Å². The van der Waals surface area contributed by atoms with Gasteiger partial charge in [-0.3, -0.25) is 0 Å². The van der Waals surface area contributed by atoms with Crippen LogP contribution in [0.25, 0.3) is 0 Å². The van der Waals surface area contributed by atoms with Gasteiger partial charge >= 0.3 is 0 Å². The lowest BCUT2D eigenvalue weighted by Gasteiger charge is -2.10. The van der Waals surface area contributed by atoms with Gasteiger partial charge in [0.2, 0.25) is 0 Å². The number of rotatable bonds is 5. The summed E-state index contributed by atoms with van der Waals surface area (Å²) in [5.41, 5.74) is 0. The molecule has 0 spiro atoms. The number of hydrogen-bond donors (Lipinski definition) is 2. The van der Waals surface area contributed by atoms with Gasteiger partial charge in [-0.25, -0.2) is 0 Å². The molecular weight excluding hydrogens is 170 g/mol. The van der Waals surface area contributed by atoms with Crippen LogP contribution in [0.1, 0.15) is 20.3 Å². The first kappa shape index (κ1) is 11.7. The molecule has 4 heteroatoms. The molecule has 4 nitrogen and oxygen atoms in total. The molecule has 0 amide bonds. The Labute approximate surface area is 77.6 Å². The lowest BCUT2D eigenvalue weighted by atomic mass is 9.99. The van der Waals surface area contributed by atoms with Crippen molar-refractivity contribution in [3.63, 3.8) is 0 Å². The highest BCUT2D eigenvalue weighted by Crippen LogP contribution is 2.13. The predicted molar refractivity (Wildman–Crippen MR) is 51.5 cm³/mol. The molecule has 74 valence electrons. The Morgan fingerprint density at radius 3 is 2.54 bits per heavy atom. The van der Waals surface area contributed by atoms with Crippen LogP contribution in [-0.4, -0.2) is 16.3 Å². The summed E-state index contributed by atoms with van der Waals surface area (Å²) in [6.07, 6.45) is 5.11. The molecule has 2 atom stereocenters. The zero-order valence-corrected chi connectivity index (χ0v) is 7.84. The smallest absolute Gasteiger partial charge is 0.269 e. The molecule has 2 N–H and O–H groups in total. The van der Waals surface area contributed by atoms with Gasteiger partial charge in [-0.05, 0) is 19.4 Å². The number of aliphatic hydroxyl groups is 2. The van der Waals surface area contributed by atoms with Crippen LogP contribution < -0.4 is 0 Å². The fourth-order valence-electron chi connectivity index (χ4n) is 1.01. The maximum absolute atomic E-state index is 10.4. The second kappa shape index (κ2) is 6.22. The van der Waals surface area contributed by atoms with Crippen molar-refractivity contribution in [3.05, 3.63) is 29.1 Å². The van der Waals surface area contributed by atoms with E-state index < -0.39 is 12.0 Å². The van der Waals surface area contributed by atoms with Gasteiger partial charge in [-0.1, -0.05) is 24.3 Å². The summed E-state index contributed by atoms with van der Waals surface area (Å²) in [4.78, 5) is 10.4. The SMILES string of the molecule is C/C=C/[C@H](C)[C@H](CC=C(O)O)N=O. The molecule has 0 heterocycles. The molecule has 0 rings (SSSR count). The van der Waals surface area contributed by atoms with Gasteiger partial charge in [0.1, 0.15) is 6.04 Å². The van der Waals surface area contributed by atoms with Crippen LogP contribution in [0, 0.1) is 10.8 Å². The van der Waals surface area contributed by atoms with Crippen LogP contribution in [0.3, 0.4) is 0 Å². The molecule has 0 aromatic carbocycles. The fourth-order valence-corrected chi connectivity index (χ4v) is 1.01. The monoisotopic (exact) mass is 185 g/mol. The number of nitrogens with zero attached hydrogens (tertiary/aromatic N) is 1. The largest absolute Gasteiger partial charge is 0.481 e. The summed E-state index contributed by atoms with van der Waals surface area (Å²) in [5, 5.41) is 19.8. The molecule has 0 aliphatic carbocycles. The molecule has 0 fully saturated rings. The van der Waals surface area contributed by atoms with Crippen molar-refractivity contribution in [2.45, 2.75) is 26.3 Å². The predicted octanol–water partition coefficient (Wildman–Crippen LogP) is 2.68. The lowest BCUT2D eigenvalue weighted by Crippen LogP contribution is -2.12. The zero-order chi connectivity index (χ0) is 10.3. The maximum Gasteiger partial charge on any atom is 0.269 e. The summed E-state index contributed by atoms with van der Waals surface area (Å²) in [6, 6.07) is -0.439. The molecule has 0 aromatic rings. The van der Waals surface area contributed by atoms with E-state index in [1.165, 1.54) is 6.08 Å². The van der Waals surface area contributed by atoms with E-state index in [9.17, 15) is 4.91 Å². The van der Waals surface area contributed by atoms with Crippen molar-refractivity contribution in [3.8, 4) is 0 Å². The van der Waals surface area contributed by atoms with Crippen molar-refractivity contribution >= 4 is 0 Å². The average molecular weight is 185 g/mol. The van der Waals surface area contributed by atoms with Crippen molar-refractivity contribution in [1.82, 2.24) is 0 Å². The third-order valence-corrected chi connectivity index (χ3v) is 1.78. The van der Waals surface area contributed by atoms with Crippen molar-refractivity contribution in [2.24, 2.45) is 11.1 Å². The fraction of sp³-hybridized carbons (Fsp3) is 0.556. The first-order valence-electron chi connectivity index (χ1n) is 4.15. The Bertz CT molecular complexity index is 207. The Morgan fingerprint density at radius 1 is 1.54 bits per heavy atom. The summed E-state index contributed by atoms with van der Waals surface area (Å²) in [6.45, 7) is 3.71. The maximum atomic E-state index is 10.4. The quantitative estimate of drug-likeness (QED) is 0.393. The molecule has 13 heavy (non-hydrogen) atoms. The van der Waals surface area contributed by atoms with Crippen LogP contribution in [-0.2, 0) is 0 Å². The molecule has 0 aliphatic heterocycles. The van der Waals surface area contributed by atoms with Gasteiger partial charge in [0.15, 0.2) is 0 Å². The van der Waals surface area contributed by atoms with E-state index in [0.717, 1.165) is 0 Å². The Balaban J connectivity index is 4.17. The minimum atomic E-state index is -0.763. The van der Waals surface area contributed by atoms with E-state index in [-0.39, 0.29) is 12.3 Å². The number of nitroso groups, excluding NO2 is 1. The van der Waals surface area contributed by atoms with E-state index in [4.69, 9.17) is 10.2 Å². The summed E-state index contributed by atoms with van der Waals surface area (Å²) in [5.74, 6) is -0.751. The molecule has 0 unspecified atom stereocenters. The van der Waals surface area contributed by atoms with Crippen LogP contribution in [0.2, 0.25) is 0 Å². The highest BCUT2D eigenvalue weighted by atomic mass is 16.5. The standard InChI is InChI=1S/C9H15NO3/c1-3-4-7(2)8(10-13)5-6-9(11)12/h3-4,6-8,11-12H,5H2,1-2H3/b4-3+/t7-,8-/m0/s1. The highest BCUT2D eigenvalue weighted by Gasteiger charge is 2.13. The molecule has 0 saturated carbocycles. The van der Waals surface area contributed by atoms with Crippen LogP contribution in [0.5, 0.6) is 0 Å². The van der Waals surface area contributed by atoms with Gasteiger partial charge in [-0.2, -0.15) is 4.91 Å². The second-order valence-corrected chi connectivity index (χ2v) is 2.86. The summed E-state index contributed by atoms with van der Waals surface area (Å²) >= 11 is 0. The summed E-state index contributed by atoms with van der Waals surface area (Å²) < 4.78 is 0. The molecule has 0 bridgehead atoms.